The van der Waals surface area contributed by atoms with Gasteiger partial charge in [-0.05, 0) is 43.5 Å². The summed E-state index contributed by atoms with van der Waals surface area (Å²) in [7, 11) is 1.64. The molecule has 1 saturated heterocycles. The average molecular weight is 416 g/mol. The maximum Gasteiger partial charge on any atom is 0.233 e. The Hall–Kier alpha value is -2.18. The van der Waals surface area contributed by atoms with Crippen LogP contribution in [0.25, 0.3) is 0 Å². The number of nitrogens with zero attached hydrogens (tertiary/aromatic N) is 1. The normalized spacial score (nSPS) is 16.5. The standard InChI is InChI=1S/C23H29NO4S/c1-17(2)27-13-7-12-24-22(25)16-29-23(24)19-10-11-20(21(14-19)26-3)28-15-18-8-5-4-6-9-18/h4-6,8-11,14,17,23H,7,12-13,15-16H2,1-3H3. The molecule has 1 unspecified atom stereocenters. The second-order valence-corrected chi connectivity index (χ2v) is 8.28. The molecule has 1 aliphatic heterocycles. The Morgan fingerprint density at radius 3 is 2.66 bits per heavy atom. The topological polar surface area (TPSA) is 48.0 Å². The first-order chi connectivity index (χ1) is 14.1. The molecule has 0 N–H and O–H groups in total. The van der Waals surface area contributed by atoms with Crippen molar-refractivity contribution >= 4 is 17.7 Å². The van der Waals surface area contributed by atoms with Crippen molar-refractivity contribution in [3.05, 3.63) is 59.7 Å². The molecule has 1 fully saturated rings. The predicted molar refractivity (Wildman–Crippen MR) is 116 cm³/mol. The van der Waals surface area contributed by atoms with Gasteiger partial charge in [-0.1, -0.05) is 36.4 Å². The maximum atomic E-state index is 12.4. The Labute approximate surface area is 177 Å². The first kappa shape index (κ1) is 21.5. The zero-order valence-electron chi connectivity index (χ0n) is 17.3. The Kier molecular flexibility index (Phi) is 7.83. The van der Waals surface area contributed by atoms with E-state index in [0.717, 1.165) is 17.5 Å². The van der Waals surface area contributed by atoms with Crippen molar-refractivity contribution in [3.63, 3.8) is 0 Å². The van der Waals surface area contributed by atoms with Crippen LogP contribution in [0.2, 0.25) is 0 Å². The molecule has 0 saturated carbocycles. The summed E-state index contributed by atoms with van der Waals surface area (Å²) in [6, 6.07) is 16.0. The molecule has 5 nitrogen and oxygen atoms in total. The van der Waals surface area contributed by atoms with E-state index in [2.05, 4.69) is 0 Å². The number of ether oxygens (including phenoxy) is 3. The van der Waals surface area contributed by atoms with Crippen molar-refractivity contribution in [2.24, 2.45) is 0 Å². The van der Waals surface area contributed by atoms with Gasteiger partial charge in [0.05, 0.1) is 19.0 Å². The Balaban J connectivity index is 1.66. The smallest absolute Gasteiger partial charge is 0.233 e. The van der Waals surface area contributed by atoms with Crippen molar-refractivity contribution in [1.82, 2.24) is 4.90 Å². The number of thioether (sulfide) groups is 1. The van der Waals surface area contributed by atoms with Gasteiger partial charge in [-0.2, -0.15) is 0 Å². The lowest BCUT2D eigenvalue weighted by molar-refractivity contribution is -0.128. The molecule has 0 radical (unpaired) electrons. The Morgan fingerprint density at radius 1 is 1.14 bits per heavy atom. The molecule has 6 heteroatoms. The van der Waals surface area contributed by atoms with Crippen LogP contribution < -0.4 is 9.47 Å². The zero-order valence-corrected chi connectivity index (χ0v) is 18.1. The molecule has 2 aromatic carbocycles. The van der Waals surface area contributed by atoms with Crippen LogP contribution in [0.3, 0.4) is 0 Å². The van der Waals surface area contributed by atoms with E-state index in [0.29, 0.717) is 37.0 Å². The summed E-state index contributed by atoms with van der Waals surface area (Å²) >= 11 is 1.65. The molecule has 1 heterocycles. The van der Waals surface area contributed by atoms with Gasteiger partial charge in [-0.25, -0.2) is 0 Å². The van der Waals surface area contributed by atoms with Crippen molar-refractivity contribution in [1.29, 1.82) is 0 Å². The van der Waals surface area contributed by atoms with Gasteiger partial charge in [0.1, 0.15) is 12.0 Å². The minimum atomic E-state index is -0.00127. The number of carbonyl (C=O) groups is 1. The number of carbonyl (C=O) groups excluding carboxylic acids is 1. The third kappa shape index (κ3) is 5.90. The third-order valence-corrected chi connectivity index (χ3v) is 5.93. The molecule has 3 rings (SSSR count). The van der Waals surface area contributed by atoms with E-state index in [1.54, 1.807) is 18.9 Å². The fourth-order valence-electron chi connectivity index (χ4n) is 3.22. The van der Waals surface area contributed by atoms with Gasteiger partial charge in [-0.3, -0.25) is 4.79 Å². The van der Waals surface area contributed by atoms with E-state index in [4.69, 9.17) is 14.2 Å². The summed E-state index contributed by atoms with van der Waals surface area (Å²) in [5.41, 5.74) is 2.15. The fraction of sp³-hybridized carbons (Fsp3) is 0.435. The number of rotatable bonds is 10. The number of methoxy groups -OCH3 is 1. The quantitative estimate of drug-likeness (QED) is 0.528. The van der Waals surface area contributed by atoms with Gasteiger partial charge in [0, 0.05) is 13.2 Å². The van der Waals surface area contributed by atoms with Crippen LogP contribution in [-0.4, -0.2) is 42.9 Å². The first-order valence-electron chi connectivity index (χ1n) is 9.96. The molecule has 0 spiro atoms. The summed E-state index contributed by atoms with van der Waals surface area (Å²) in [6.07, 6.45) is 1.04. The summed E-state index contributed by atoms with van der Waals surface area (Å²) in [4.78, 5) is 14.3. The molecule has 1 atom stereocenters. The molecule has 29 heavy (non-hydrogen) atoms. The first-order valence-corrected chi connectivity index (χ1v) is 11.0. The minimum absolute atomic E-state index is 0.00127. The number of hydrogen-bond acceptors (Lipinski definition) is 5. The van der Waals surface area contributed by atoms with E-state index in [-0.39, 0.29) is 17.4 Å². The van der Waals surface area contributed by atoms with Gasteiger partial charge < -0.3 is 19.1 Å². The summed E-state index contributed by atoms with van der Waals surface area (Å²) < 4.78 is 17.1. The predicted octanol–water partition coefficient (Wildman–Crippen LogP) is 4.66. The van der Waals surface area contributed by atoms with Crippen LogP contribution in [-0.2, 0) is 16.1 Å². The Bertz CT molecular complexity index is 797. The fourth-order valence-corrected chi connectivity index (χ4v) is 4.43. The SMILES string of the molecule is COc1cc(C2SCC(=O)N2CCCOC(C)C)ccc1OCc1ccccc1. The summed E-state index contributed by atoms with van der Waals surface area (Å²) in [6.45, 7) is 5.88. The highest BCUT2D eigenvalue weighted by atomic mass is 32.2. The van der Waals surface area contributed by atoms with E-state index < -0.39 is 0 Å². The lowest BCUT2D eigenvalue weighted by atomic mass is 10.1. The number of hydrogen-bond donors (Lipinski definition) is 0. The van der Waals surface area contributed by atoms with Crippen LogP contribution in [0, 0.1) is 0 Å². The van der Waals surface area contributed by atoms with Gasteiger partial charge in [-0.15, -0.1) is 11.8 Å². The summed E-state index contributed by atoms with van der Waals surface area (Å²) in [5.74, 6) is 2.06. The molecule has 1 amide bonds. The number of benzene rings is 2. The van der Waals surface area contributed by atoms with E-state index in [1.807, 2.05) is 67.3 Å². The Morgan fingerprint density at radius 2 is 1.93 bits per heavy atom. The van der Waals surface area contributed by atoms with Gasteiger partial charge in [0.25, 0.3) is 0 Å². The second kappa shape index (κ2) is 10.6. The molecule has 0 aliphatic carbocycles. The highest BCUT2D eigenvalue weighted by Crippen LogP contribution is 2.41. The maximum absolute atomic E-state index is 12.4. The van der Waals surface area contributed by atoms with Crippen molar-refractivity contribution < 1.29 is 19.0 Å². The molecule has 2 aromatic rings. The minimum Gasteiger partial charge on any atom is -0.493 e. The van der Waals surface area contributed by atoms with Crippen molar-refractivity contribution in [2.75, 3.05) is 26.0 Å². The molecule has 0 aromatic heterocycles. The monoisotopic (exact) mass is 415 g/mol. The zero-order chi connectivity index (χ0) is 20.6. The van der Waals surface area contributed by atoms with Crippen LogP contribution in [0.5, 0.6) is 11.5 Å². The highest BCUT2D eigenvalue weighted by Gasteiger charge is 2.32. The van der Waals surface area contributed by atoms with Crippen molar-refractivity contribution in [3.8, 4) is 11.5 Å². The third-order valence-electron chi connectivity index (χ3n) is 4.67. The van der Waals surface area contributed by atoms with Gasteiger partial charge in [0.2, 0.25) is 5.91 Å². The summed E-state index contributed by atoms with van der Waals surface area (Å²) in [5, 5.41) is -0.00127. The van der Waals surface area contributed by atoms with Gasteiger partial charge >= 0.3 is 0 Å². The largest absolute Gasteiger partial charge is 0.493 e. The molecular weight excluding hydrogens is 386 g/mol. The highest BCUT2D eigenvalue weighted by molar-refractivity contribution is 8.00. The molecule has 156 valence electrons. The molecule has 0 bridgehead atoms. The lowest BCUT2D eigenvalue weighted by Crippen LogP contribution is -2.30. The van der Waals surface area contributed by atoms with Gasteiger partial charge in [0.15, 0.2) is 11.5 Å². The van der Waals surface area contributed by atoms with Crippen LogP contribution in [0.4, 0.5) is 0 Å². The van der Waals surface area contributed by atoms with E-state index >= 15 is 0 Å². The average Bonchev–Trinajstić information content (AvgIpc) is 3.10. The van der Waals surface area contributed by atoms with Crippen LogP contribution >= 0.6 is 11.8 Å². The number of amides is 1. The second-order valence-electron chi connectivity index (χ2n) is 7.21. The van der Waals surface area contributed by atoms with E-state index in [9.17, 15) is 4.79 Å². The lowest BCUT2D eigenvalue weighted by Gasteiger charge is -2.25. The van der Waals surface area contributed by atoms with Crippen LogP contribution in [0.1, 0.15) is 36.8 Å². The molecular formula is C23H29NO4S. The molecule has 1 aliphatic rings. The van der Waals surface area contributed by atoms with Crippen molar-refractivity contribution in [2.45, 2.75) is 38.4 Å². The van der Waals surface area contributed by atoms with E-state index in [1.165, 1.54) is 0 Å². The van der Waals surface area contributed by atoms with Crippen LogP contribution in [0.15, 0.2) is 48.5 Å².